The van der Waals surface area contributed by atoms with Crippen LogP contribution in [0.4, 0.5) is 0 Å². The number of fused-ring (bicyclic) bond motifs is 1. The molecule has 0 saturated carbocycles. The van der Waals surface area contributed by atoms with Crippen LogP contribution in [0.3, 0.4) is 0 Å². The van der Waals surface area contributed by atoms with Crippen molar-refractivity contribution in [2.45, 2.75) is 12.1 Å². The molecular weight excluding hydrogens is 393 g/mol. The Bertz CT molecular complexity index is 1010. The highest BCUT2D eigenvalue weighted by Gasteiger charge is 2.37. The van der Waals surface area contributed by atoms with Crippen molar-refractivity contribution in [2.24, 2.45) is 0 Å². The minimum absolute atomic E-state index is 0.0947. The van der Waals surface area contributed by atoms with Crippen molar-refractivity contribution < 1.29 is 19.1 Å². The minimum atomic E-state index is -4.68. The van der Waals surface area contributed by atoms with E-state index in [1.807, 2.05) is 6.07 Å². The summed E-state index contributed by atoms with van der Waals surface area (Å²) in [5.41, 5.74) is -0.380. The number of carbonyl (C=O) groups is 1. The standard InChI is InChI=1S/C18H15ClNO4PS/c19-13-6-7-17-14(9-13)15(11-26-17)18(25(22,23)24)16(21)5-1-3-12-4-2-8-20-10-12/h1-4,6-11,18H,5H2,(H2,22,23,24)/b3-1+. The number of halogens is 1. The molecule has 0 bridgehead atoms. The highest BCUT2D eigenvalue weighted by molar-refractivity contribution is 7.53. The predicted octanol–water partition coefficient (Wildman–Crippen LogP) is 4.84. The number of benzene rings is 1. The number of hydrogen-bond acceptors (Lipinski definition) is 4. The first-order valence-corrected chi connectivity index (χ1v) is 10.6. The van der Waals surface area contributed by atoms with Crippen LogP contribution in [0.15, 0.2) is 54.2 Å². The molecule has 5 nitrogen and oxygen atoms in total. The van der Waals surface area contributed by atoms with E-state index in [4.69, 9.17) is 11.6 Å². The van der Waals surface area contributed by atoms with Crippen molar-refractivity contribution in [1.82, 2.24) is 4.98 Å². The molecule has 3 aromatic rings. The zero-order valence-corrected chi connectivity index (χ0v) is 15.9. The van der Waals surface area contributed by atoms with Gasteiger partial charge < -0.3 is 9.79 Å². The molecule has 1 atom stereocenters. The van der Waals surface area contributed by atoms with E-state index in [9.17, 15) is 19.1 Å². The lowest BCUT2D eigenvalue weighted by Crippen LogP contribution is -2.12. The van der Waals surface area contributed by atoms with E-state index < -0.39 is 19.0 Å². The number of Topliss-reactive ketones (excluding diaryl/α,β-unsaturated/α-hetero) is 1. The van der Waals surface area contributed by atoms with Gasteiger partial charge in [-0.3, -0.25) is 14.3 Å². The summed E-state index contributed by atoms with van der Waals surface area (Å²) in [6.45, 7) is 0. The second kappa shape index (κ2) is 7.82. The van der Waals surface area contributed by atoms with Crippen LogP contribution >= 0.6 is 30.5 Å². The molecule has 1 unspecified atom stereocenters. The van der Waals surface area contributed by atoms with Gasteiger partial charge in [0, 0.05) is 28.5 Å². The molecular formula is C18H15ClNO4PS. The second-order valence-electron chi connectivity index (χ2n) is 5.68. The molecule has 2 aromatic heterocycles. The van der Waals surface area contributed by atoms with Gasteiger partial charge in [0.15, 0.2) is 5.78 Å². The molecule has 2 N–H and O–H groups in total. The Balaban J connectivity index is 1.91. The first kappa shape index (κ1) is 19.0. The molecule has 0 amide bonds. The number of carbonyl (C=O) groups excluding carboxylic acids is 1. The maximum absolute atomic E-state index is 12.6. The number of allylic oxidation sites excluding steroid dienone is 1. The number of rotatable bonds is 6. The van der Waals surface area contributed by atoms with E-state index >= 15 is 0 Å². The number of hydrogen-bond donors (Lipinski definition) is 2. The summed E-state index contributed by atoms with van der Waals surface area (Å²) in [6.07, 6.45) is 6.46. The minimum Gasteiger partial charge on any atom is -0.324 e. The molecule has 0 aliphatic carbocycles. The van der Waals surface area contributed by atoms with E-state index in [-0.39, 0.29) is 6.42 Å². The van der Waals surface area contributed by atoms with Crippen LogP contribution in [0.2, 0.25) is 5.02 Å². The average molecular weight is 408 g/mol. The van der Waals surface area contributed by atoms with E-state index in [0.717, 1.165) is 10.3 Å². The maximum Gasteiger partial charge on any atom is 0.340 e. The van der Waals surface area contributed by atoms with Gasteiger partial charge in [-0.05, 0) is 46.2 Å². The van der Waals surface area contributed by atoms with Crippen LogP contribution in [-0.4, -0.2) is 20.6 Å². The van der Waals surface area contributed by atoms with Crippen molar-refractivity contribution in [3.8, 4) is 0 Å². The summed E-state index contributed by atoms with van der Waals surface area (Å²) < 4.78 is 12.9. The van der Waals surface area contributed by atoms with E-state index in [2.05, 4.69) is 4.98 Å². The maximum atomic E-state index is 12.6. The van der Waals surface area contributed by atoms with Gasteiger partial charge in [-0.25, -0.2) is 0 Å². The zero-order chi connectivity index (χ0) is 18.7. The van der Waals surface area contributed by atoms with Gasteiger partial charge >= 0.3 is 7.60 Å². The molecule has 0 saturated heterocycles. The molecule has 0 fully saturated rings. The first-order chi connectivity index (χ1) is 12.4. The van der Waals surface area contributed by atoms with Gasteiger partial charge in [-0.15, -0.1) is 11.3 Å². The summed E-state index contributed by atoms with van der Waals surface area (Å²) >= 11 is 7.33. The highest BCUT2D eigenvalue weighted by Crippen LogP contribution is 2.55. The Morgan fingerprint density at radius 1 is 1.35 bits per heavy atom. The zero-order valence-electron chi connectivity index (χ0n) is 13.4. The van der Waals surface area contributed by atoms with Crippen LogP contribution in [0, 0.1) is 0 Å². The Labute approximate surface area is 159 Å². The number of pyridine rings is 1. The largest absolute Gasteiger partial charge is 0.340 e. The topological polar surface area (TPSA) is 87.5 Å². The van der Waals surface area contributed by atoms with Crippen LogP contribution in [0.25, 0.3) is 16.2 Å². The number of nitrogens with zero attached hydrogens (tertiary/aromatic N) is 1. The molecule has 2 heterocycles. The molecule has 1 aromatic carbocycles. The Morgan fingerprint density at radius 2 is 2.15 bits per heavy atom. The SMILES string of the molecule is O=C(C/C=C/c1cccnc1)C(c1csc2ccc(Cl)cc12)P(=O)(O)O. The molecule has 26 heavy (non-hydrogen) atoms. The van der Waals surface area contributed by atoms with Crippen LogP contribution in [0.1, 0.15) is 23.2 Å². The number of aromatic nitrogens is 1. The van der Waals surface area contributed by atoms with Crippen molar-refractivity contribution >= 4 is 52.5 Å². The third-order valence-corrected chi connectivity index (χ3v) is 6.27. The Hall–Kier alpha value is -1.82. The first-order valence-electron chi connectivity index (χ1n) is 7.67. The summed E-state index contributed by atoms with van der Waals surface area (Å²) in [5, 5.41) is 2.67. The van der Waals surface area contributed by atoms with Crippen molar-refractivity contribution in [3.63, 3.8) is 0 Å². The Kier molecular flexibility index (Phi) is 5.70. The summed E-state index contributed by atoms with van der Waals surface area (Å²) in [6, 6.07) is 8.69. The second-order valence-corrected chi connectivity index (χ2v) is 8.72. The van der Waals surface area contributed by atoms with Crippen molar-refractivity contribution in [3.05, 3.63) is 70.3 Å². The van der Waals surface area contributed by atoms with Crippen molar-refractivity contribution in [2.75, 3.05) is 0 Å². The van der Waals surface area contributed by atoms with Gasteiger partial charge in [0.1, 0.15) is 5.66 Å². The molecule has 0 radical (unpaired) electrons. The Morgan fingerprint density at radius 3 is 2.85 bits per heavy atom. The molecule has 8 heteroatoms. The fourth-order valence-corrected chi connectivity index (χ4v) is 4.97. The van der Waals surface area contributed by atoms with E-state index in [0.29, 0.717) is 16.0 Å². The van der Waals surface area contributed by atoms with Gasteiger partial charge in [0.05, 0.1) is 0 Å². The van der Waals surface area contributed by atoms with Gasteiger partial charge in [0.2, 0.25) is 0 Å². The monoisotopic (exact) mass is 407 g/mol. The summed E-state index contributed by atoms with van der Waals surface area (Å²) in [4.78, 5) is 36.2. The molecule has 0 aliphatic rings. The summed E-state index contributed by atoms with van der Waals surface area (Å²) in [7, 11) is -4.68. The van der Waals surface area contributed by atoms with Gasteiger partial charge in [0.25, 0.3) is 0 Å². The molecule has 0 aliphatic heterocycles. The third-order valence-electron chi connectivity index (χ3n) is 3.82. The third kappa shape index (κ3) is 4.29. The quantitative estimate of drug-likeness (QED) is 0.571. The van der Waals surface area contributed by atoms with Crippen LogP contribution < -0.4 is 0 Å². The highest BCUT2D eigenvalue weighted by atomic mass is 35.5. The molecule has 134 valence electrons. The predicted molar refractivity (Wildman–Crippen MR) is 105 cm³/mol. The van der Waals surface area contributed by atoms with Crippen molar-refractivity contribution in [1.29, 1.82) is 0 Å². The number of thiophene rings is 1. The van der Waals surface area contributed by atoms with Gasteiger partial charge in [-0.2, -0.15) is 0 Å². The molecule has 0 spiro atoms. The smallest absolute Gasteiger partial charge is 0.324 e. The fourth-order valence-electron chi connectivity index (χ4n) is 2.67. The summed E-state index contributed by atoms with van der Waals surface area (Å²) in [5.74, 6) is -0.543. The lowest BCUT2D eigenvalue weighted by Gasteiger charge is -2.16. The molecule has 3 rings (SSSR count). The number of ketones is 1. The van der Waals surface area contributed by atoms with E-state index in [1.54, 1.807) is 54.2 Å². The fraction of sp³-hybridized carbons (Fsp3) is 0.111. The normalized spacial score (nSPS) is 13.3. The lowest BCUT2D eigenvalue weighted by atomic mass is 10.0. The van der Waals surface area contributed by atoms with E-state index in [1.165, 1.54) is 11.3 Å². The lowest BCUT2D eigenvalue weighted by molar-refractivity contribution is -0.118. The van der Waals surface area contributed by atoms with Gasteiger partial charge in [-0.1, -0.05) is 29.8 Å². The average Bonchev–Trinajstić information content (AvgIpc) is 2.97. The van der Waals surface area contributed by atoms with Crippen LogP contribution in [-0.2, 0) is 9.36 Å². The van der Waals surface area contributed by atoms with Crippen LogP contribution in [0.5, 0.6) is 0 Å².